The monoisotopic (exact) mass is 297 g/mol. The molecule has 0 unspecified atom stereocenters. The van der Waals surface area contributed by atoms with Gasteiger partial charge in [-0.05, 0) is 18.9 Å². The molecule has 0 aliphatic heterocycles. The normalized spacial score (nSPS) is 10.9. The van der Waals surface area contributed by atoms with Gasteiger partial charge < -0.3 is 9.84 Å². The van der Waals surface area contributed by atoms with Gasteiger partial charge in [0.1, 0.15) is 12.4 Å². The molecule has 0 aliphatic carbocycles. The van der Waals surface area contributed by atoms with Crippen LogP contribution in [0.3, 0.4) is 0 Å². The van der Waals surface area contributed by atoms with Crippen molar-refractivity contribution in [3.63, 3.8) is 0 Å². The Morgan fingerprint density at radius 1 is 1.47 bits per heavy atom. The van der Waals surface area contributed by atoms with Crippen LogP contribution in [0.2, 0.25) is 0 Å². The average molecular weight is 297 g/mol. The minimum absolute atomic E-state index is 0.268. The van der Waals surface area contributed by atoms with E-state index in [-0.39, 0.29) is 4.88 Å². The summed E-state index contributed by atoms with van der Waals surface area (Å²) in [6.07, 6.45) is 1.76. The summed E-state index contributed by atoms with van der Waals surface area (Å²) in [7, 11) is 0. The molecule has 0 bridgehead atoms. The Balaban J connectivity index is 2.16. The lowest BCUT2D eigenvalue weighted by Crippen LogP contribution is -1.98. The summed E-state index contributed by atoms with van der Waals surface area (Å²) in [6, 6.07) is 1.83. The molecule has 2 aromatic heterocycles. The van der Waals surface area contributed by atoms with E-state index >= 15 is 0 Å². The van der Waals surface area contributed by atoms with Crippen LogP contribution in [0, 0.1) is 6.92 Å². The molecule has 0 aliphatic rings. The van der Waals surface area contributed by atoms with Crippen molar-refractivity contribution in [3.8, 4) is 5.75 Å². The first kappa shape index (κ1) is 14.0. The van der Waals surface area contributed by atoms with E-state index in [0.29, 0.717) is 18.3 Å². The molecule has 2 rings (SSSR count). The quantitative estimate of drug-likeness (QED) is 0.909. The fourth-order valence-corrected chi connectivity index (χ4v) is 3.21. The lowest BCUT2D eigenvalue weighted by Gasteiger charge is -2.02. The standard InChI is InChI=1S/C13H15NO3S2/c1-7(2)11-4-10(12(19-11)13(15)16)17-6-9-5-14-8(3)18-9/h4-5,7H,6H2,1-3H3,(H,15,16). The number of hydrogen-bond donors (Lipinski definition) is 1. The Morgan fingerprint density at radius 2 is 2.21 bits per heavy atom. The Morgan fingerprint density at radius 3 is 2.74 bits per heavy atom. The molecular weight excluding hydrogens is 282 g/mol. The number of carbonyl (C=O) groups is 1. The Bertz CT molecular complexity index is 586. The summed E-state index contributed by atoms with van der Waals surface area (Å²) >= 11 is 2.83. The number of thiophene rings is 1. The van der Waals surface area contributed by atoms with E-state index in [0.717, 1.165) is 14.8 Å². The maximum Gasteiger partial charge on any atom is 0.349 e. The molecule has 0 spiro atoms. The summed E-state index contributed by atoms with van der Waals surface area (Å²) in [4.78, 5) is 17.6. The molecule has 1 N–H and O–H groups in total. The van der Waals surface area contributed by atoms with Crippen LogP contribution in [0.15, 0.2) is 12.3 Å². The van der Waals surface area contributed by atoms with Gasteiger partial charge in [0.25, 0.3) is 0 Å². The molecule has 0 aromatic carbocycles. The van der Waals surface area contributed by atoms with Gasteiger partial charge in [-0.2, -0.15) is 0 Å². The van der Waals surface area contributed by atoms with Crippen molar-refractivity contribution in [1.82, 2.24) is 4.98 Å². The molecule has 0 radical (unpaired) electrons. The summed E-state index contributed by atoms with van der Waals surface area (Å²) in [5.41, 5.74) is 0. The molecular formula is C13H15NO3S2. The van der Waals surface area contributed by atoms with Crippen LogP contribution in [-0.4, -0.2) is 16.1 Å². The highest BCUT2D eigenvalue weighted by atomic mass is 32.1. The van der Waals surface area contributed by atoms with Crippen molar-refractivity contribution in [2.24, 2.45) is 0 Å². The lowest BCUT2D eigenvalue weighted by molar-refractivity contribution is 0.0697. The number of hydrogen-bond acceptors (Lipinski definition) is 5. The van der Waals surface area contributed by atoms with Crippen molar-refractivity contribution in [3.05, 3.63) is 31.9 Å². The summed E-state index contributed by atoms with van der Waals surface area (Å²) < 4.78 is 5.63. The Labute approximate surface area is 119 Å². The van der Waals surface area contributed by atoms with Crippen LogP contribution >= 0.6 is 22.7 Å². The summed E-state index contributed by atoms with van der Waals surface area (Å²) in [5.74, 6) is -0.189. The maximum atomic E-state index is 11.2. The number of aromatic nitrogens is 1. The lowest BCUT2D eigenvalue weighted by atomic mass is 10.2. The molecule has 2 heterocycles. The van der Waals surface area contributed by atoms with E-state index in [1.165, 1.54) is 11.3 Å². The predicted octanol–water partition coefficient (Wildman–Crippen LogP) is 3.91. The largest absolute Gasteiger partial charge is 0.486 e. The first-order chi connectivity index (χ1) is 8.97. The van der Waals surface area contributed by atoms with Crippen molar-refractivity contribution in [2.75, 3.05) is 0 Å². The Hall–Kier alpha value is -1.40. The van der Waals surface area contributed by atoms with E-state index in [2.05, 4.69) is 4.98 Å². The number of carboxylic acids is 1. The summed E-state index contributed by atoms with van der Waals surface area (Å²) in [6.45, 7) is 6.36. The molecule has 0 fully saturated rings. The third-order valence-electron chi connectivity index (χ3n) is 2.52. The molecule has 19 heavy (non-hydrogen) atoms. The van der Waals surface area contributed by atoms with Crippen molar-refractivity contribution in [1.29, 1.82) is 0 Å². The van der Waals surface area contributed by atoms with E-state index in [4.69, 9.17) is 4.74 Å². The number of rotatable bonds is 5. The highest BCUT2D eigenvalue weighted by molar-refractivity contribution is 7.14. The second-order valence-electron chi connectivity index (χ2n) is 4.44. The number of aryl methyl sites for hydroxylation is 1. The zero-order valence-corrected chi connectivity index (χ0v) is 12.6. The van der Waals surface area contributed by atoms with Crippen LogP contribution < -0.4 is 4.74 Å². The SMILES string of the molecule is Cc1ncc(COc2cc(C(C)C)sc2C(=O)O)s1. The fourth-order valence-electron chi connectivity index (χ4n) is 1.55. The fraction of sp³-hybridized carbons (Fsp3) is 0.385. The van der Waals surface area contributed by atoms with Gasteiger partial charge in [-0.25, -0.2) is 9.78 Å². The third-order valence-corrected chi connectivity index (χ3v) is 4.81. The van der Waals surface area contributed by atoms with Crippen LogP contribution in [0.5, 0.6) is 5.75 Å². The van der Waals surface area contributed by atoms with Crippen LogP contribution in [0.25, 0.3) is 0 Å². The van der Waals surface area contributed by atoms with E-state index in [1.807, 2.05) is 26.8 Å². The minimum Gasteiger partial charge on any atom is -0.486 e. The van der Waals surface area contributed by atoms with E-state index in [1.54, 1.807) is 17.5 Å². The highest BCUT2D eigenvalue weighted by Crippen LogP contribution is 2.34. The van der Waals surface area contributed by atoms with Gasteiger partial charge >= 0.3 is 5.97 Å². The van der Waals surface area contributed by atoms with Gasteiger partial charge in [0, 0.05) is 11.1 Å². The van der Waals surface area contributed by atoms with E-state index < -0.39 is 5.97 Å². The first-order valence-corrected chi connectivity index (χ1v) is 7.51. The Kier molecular flexibility index (Phi) is 4.21. The smallest absolute Gasteiger partial charge is 0.349 e. The molecule has 0 amide bonds. The van der Waals surface area contributed by atoms with Crippen LogP contribution in [0.4, 0.5) is 0 Å². The second-order valence-corrected chi connectivity index (χ2v) is 6.84. The van der Waals surface area contributed by atoms with Gasteiger partial charge in [-0.3, -0.25) is 0 Å². The highest BCUT2D eigenvalue weighted by Gasteiger charge is 2.18. The third kappa shape index (κ3) is 3.33. The maximum absolute atomic E-state index is 11.2. The number of thiazole rings is 1. The van der Waals surface area contributed by atoms with Gasteiger partial charge in [0.15, 0.2) is 4.88 Å². The molecule has 0 saturated carbocycles. The minimum atomic E-state index is -0.938. The molecule has 2 aromatic rings. The zero-order chi connectivity index (χ0) is 14.0. The molecule has 0 saturated heterocycles. The van der Waals surface area contributed by atoms with Crippen LogP contribution in [-0.2, 0) is 6.61 Å². The van der Waals surface area contributed by atoms with Gasteiger partial charge in [-0.1, -0.05) is 13.8 Å². The van der Waals surface area contributed by atoms with Crippen LogP contribution in [0.1, 0.15) is 44.2 Å². The van der Waals surface area contributed by atoms with E-state index in [9.17, 15) is 9.90 Å². The number of carboxylic acid groups (broad SMARTS) is 1. The van der Waals surface area contributed by atoms with Crippen molar-refractivity contribution < 1.29 is 14.6 Å². The number of aromatic carboxylic acids is 1. The van der Waals surface area contributed by atoms with Crippen molar-refractivity contribution >= 4 is 28.6 Å². The van der Waals surface area contributed by atoms with Gasteiger partial charge in [0.05, 0.1) is 9.88 Å². The summed E-state index contributed by atoms with van der Waals surface area (Å²) in [5, 5.41) is 10.2. The predicted molar refractivity (Wildman–Crippen MR) is 76.6 cm³/mol. The molecule has 102 valence electrons. The van der Waals surface area contributed by atoms with Gasteiger partial charge in [0.2, 0.25) is 0 Å². The number of nitrogens with zero attached hydrogens (tertiary/aromatic N) is 1. The molecule has 0 atom stereocenters. The van der Waals surface area contributed by atoms with Crippen molar-refractivity contribution in [2.45, 2.75) is 33.3 Å². The number of ether oxygens (including phenoxy) is 1. The molecule has 4 nitrogen and oxygen atoms in total. The second kappa shape index (κ2) is 5.71. The molecule has 6 heteroatoms. The topological polar surface area (TPSA) is 59.4 Å². The van der Waals surface area contributed by atoms with Gasteiger partial charge in [-0.15, -0.1) is 22.7 Å². The average Bonchev–Trinajstić information content (AvgIpc) is 2.92. The first-order valence-electron chi connectivity index (χ1n) is 5.88. The zero-order valence-electron chi connectivity index (χ0n) is 11.0.